The van der Waals surface area contributed by atoms with Crippen LogP contribution in [0.15, 0.2) is 16.6 Å². The molecule has 2 N–H and O–H groups in total. The second kappa shape index (κ2) is 3.47. The maximum atomic E-state index is 11.4. The minimum absolute atomic E-state index is 0.174. The van der Waals surface area contributed by atoms with Gasteiger partial charge in [0.15, 0.2) is 11.4 Å². The van der Waals surface area contributed by atoms with E-state index in [4.69, 9.17) is 11.6 Å². The van der Waals surface area contributed by atoms with Gasteiger partial charge in [0.05, 0.1) is 11.6 Å². The topological polar surface area (TPSA) is 49.3 Å². The molecule has 0 aromatic heterocycles. The van der Waals surface area contributed by atoms with Crippen LogP contribution in [0.5, 0.6) is 0 Å². The predicted octanol–water partition coefficient (Wildman–Crippen LogP) is 2.30. The molecule has 5 heteroatoms. The lowest BCUT2D eigenvalue weighted by molar-refractivity contribution is -0.134. The average Bonchev–Trinajstić information content (AvgIpc) is 2.52. The van der Waals surface area contributed by atoms with E-state index in [1.54, 1.807) is 12.1 Å². The number of anilines is 1. The summed E-state index contributed by atoms with van der Waals surface area (Å²) < 4.78 is 0.672. The molecule has 80 valence electrons. The van der Waals surface area contributed by atoms with E-state index in [1.165, 1.54) is 6.92 Å². The van der Waals surface area contributed by atoms with Crippen molar-refractivity contribution in [3.63, 3.8) is 0 Å². The Labute approximate surface area is 101 Å². The van der Waals surface area contributed by atoms with Crippen molar-refractivity contribution < 1.29 is 9.90 Å². The van der Waals surface area contributed by atoms with E-state index in [0.717, 1.165) is 0 Å². The van der Waals surface area contributed by atoms with Crippen molar-refractivity contribution in [1.82, 2.24) is 0 Å². The maximum absolute atomic E-state index is 11.4. The molecule has 0 bridgehead atoms. The molecule has 0 saturated heterocycles. The van der Waals surface area contributed by atoms with Crippen LogP contribution in [0.2, 0.25) is 5.02 Å². The zero-order valence-corrected chi connectivity index (χ0v) is 10.3. The number of hydrogen-bond acceptors (Lipinski definition) is 3. The Morgan fingerprint density at radius 1 is 1.67 bits per heavy atom. The Kier molecular flexibility index (Phi) is 2.53. The van der Waals surface area contributed by atoms with Gasteiger partial charge in [-0.05, 0) is 35.0 Å². The number of rotatable bonds is 1. The maximum Gasteiger partial charge on any atom is 0.168 e. The van der Waals surface area contributed by atoms with Gasteiger partial charge in [0, 0.05) is 15.7 Å². The smallest absolute Gasteiger partial charge is 0.168 e. The number of hydrogen-bond donors (Lipinski definition) is 2. The number of benzene rings is 1. The minimum atomic E-state index is -1.50. The normalized spacial score (nSPS) is 23.5. The summed E-state index contributed by atoms with van der Waals surface area (Å²) in [5.74, 6) is -0.311. The Hall–Kier alpha value is -0.580. The highest BCUT2D eigenvalue weighted by Crippen LogP contribution is 2.43. The van der Waals surface area contributed by atoms with Crippen molar-refractivity contribution in [2.24, 2.45) is 0 Å². The number of Topliss-reactive ketones (excluding diaryl/α,β-unsaturated/α-hetero) is 1. The molecule has 1 aliphatic heterocycles. The lowest BCUT2D eigenvalue weighted by atomic mass is 9.92. The largest absolute Gasteiger partial charge is 0.381 e. The Morgan fingerprint density at radius 3 is 2.93 bits per heavy atom. The van der Waals surface area contributed by atoms with E-state index in [-0.39, 0.29) is 12.3 Å². The van der Waals surface area contributed by atoms with Gasteiger partial charge in [0.2, 0.25) is 0 Å². The van der Waals surface area contributed by atoms with E-state index in [1.807, 2.05) is 0 Å². The van der Waals surface area contributed by atoms with Crippen LogP contribution in [0.25, 0.3) is 0 Å². The third-order valence-corrected chi connectivity index (χ3v) is 3.91. The fourth-order valence-electron chi connectivity index (χ4n) is 1.71. The lowest BCUT2D eigenvalue weighted by Gasteiger charge is -2.20. The SMILES string of the molecule is CC(=O)C1(O)CNc2ccc(Br)c(Cl)c21. The number of ketones is 1. The first kappa shape index (κ1) is 10.9. The molecular formula is C10H9BrClNO2. The molecule has 1 aromatic carbocycles. The Balaban J connectivity index is 2.68. The molecular weight excluding hydrogens is 281 g/mol. The van der Waals surface area contributed by atoms with Gasteiger partial charge in [-0.1, -0.05) is 11.6 Å². The molecule has 3 nitrogen and oxygen atoms in total. The molecule has 0 saturated carbocycles. The molecule has 0 radical (unpaired) electrons. The molecule has 0 spiro atoms. The van der Waals surface area contributed by atoms with Crippen molar-refractivity contribution in [3.8, 4) is 0 Å². The van der Waals surface area contributed by atoms with Gasteiger partial charge in [-0.2, -0.15) is 0 Å². The second-order valence-electron chi connectivity index (χ2n) is 3.55. The van der Waals surface area contributed by atoms with E-state index in [9.17, 15) is 9.90 Å². The number of carbonyl (C=O) groups excluding carboxylic acids is 1. The van der Waals surface area contributed by atoms with Gasteiger partial charge in [0.25, 0.3) is 0 Å². The van der Waals surface area contributed by atoms with E-state index in [0.29, 0.717) is 20.7 Å². The summed E-state index contributed by atoms with van der Waals surface area (Å²) in [6.45, 7) is 1.53. The van der Waals surface area contributed by atoms with Crippen molar-refractivity contribution in [1.29, 1.82) is 0 Å². The molecule has 15 heavy (non-hydrogen) atoms. The second-order valence-corrected chi connectivity index (χ2v) is 4.79. The monoisotopic (exact) mass is 289 g/mol. The minimum Gasteiger partial charge on any atom is -0.381 e. The first-order chi connectivity index (χ1) is 6.97. The van der Waals surface area contributed by atoms with E-state index >= 15 is 0 Å². The van der Waals surface area contributed by atoms with Gasteiger partial charge in [-0.25, -0.2) is 0 Å². The molecule has 1 unspecified atom stereocenters. The van der Waals surface area contributed by atoms with Crippen molar-refractivity contribution >= 4 is 39.0 Å². The quantitative estimate of drug-likeness (QED) is 0.834. The van der Waals surface area contributed by atoms with Crippen LogP contribution >= 0.6 is 27.5 Å². The number of fused-ring (bicyclic) bond motifs is 1. The van der Waals surface area contributed by atoms with E-state index < -0.39 is 5.60 Å². The fraction of sp³-hybridized carbons (Fsp3) is 0.300. The average molecular weight is 291 g/mol. The first-order valence-electron chi connectivity index (χ1n) is 4.42. The van der Waals surface area contributed by atoms with Gasteiger partial charge in [0.1, 0.15) is 0 Å². The fourth-order valence-corrected chi connectivity index (χ4v) is 2.37. The molecule has 0 amide bonds. The third kappa shape index (κ3) is 1.48. The number of nitrogens with one attached hydrogen (secondary N) is 1. The lowest BCUT2D eigenvalue weighted by Crippen LogP contribution is -2.36. The predicted molar refractivity (Wildman–Crippen MR) is 62.2 cm³/mol. The molecule has 0 aliphatic carbocycles. The van der Waals surface area contributed by atoms with E-state index in [2.05, 4.69) is 21.2 Å². The molecule has 1 aromatic rings. The van der Waals surface area contributed by atoms with Crippen molar-refractivity contribution in [3.05, 3.63) is 27.2 Å². The molecule has 1 atom stereocenters. The van der Waals surface area contributed by atoms with Gasteiger partial charge < -0.3 is 10.4 Å². The molecule has 1 heterocycles. The van der Waals surface area contributed by atoms with Crippen LogP contribution in [0.3, 0.4) is 0 Å². The summed E-state index contributed by atoms with van der Waals surface area (Å²) in [6, 6.07) is 3.56. The van der Waals surface area contributed by atoms with Crippen LogP contribution in [0.4, 0.5) is 5.69 Å². The zero-order chi connectivity index (χ0) is 11.2. The molecule has 1 aliphatic rings. The van der Waals surface area contributed by atoms with Crippen molar-refractivity contribution in [2.75, 3.05) is 11.9 Å². The van der Waals surface area contributed by atoms with Crippen LogP contribution in [0, 0.1) is 0 Å². The highest BCUT2D eigenvalue weighted by atomic mass is 79.9. The molecule has 0 fully saturated rings. The summed E-state index contributed by atoms with van der Waals surface area (Å²) in [7, 11) is 0. The number of carbonyl (C=O) groups is 1. The van der Waals surface area contributed by atoms with Crippen LogP contribution in [-0.2, 0) is 10.4 Å². The van der Waals surface area contributed by atoms with Crippen LogP contribution in [0.1, 0.15) is 12.5 Å². The summed E-state index contributed by atoms with van der Waals surface area (Å²) in [6.07, 6.45) is 0. The van der Waals surface area contributed by atoms with Crippen LogP contribution in [-0.4, -0.2) is 17.4 Å². The molecule has 2 rings (SSSR count). The highest BCUT2D eigenvalue weighted by molar-refractivity contribution is 9.10. The van der Waals surface area contributed by atoms with Crippen LogP contribution < -0.4 is 5.32 Å². The van der Waals surface area contributed by atoms with Gasteiger partial charge in [-0.15, -0.1) is 0 Å². The van der Waals surface area contributed by atoms with Gasteiger partial charge >= 0.3 is 0 Å². The summed E-state index contributed by atoms with van der Waals surface area (Å²) in [4.78, 5) is 11.4. The highest BCUT2D eigenvalue weighted by Gasteiger charge is 2.43. The summed E-state index contributed by atoms with van der Waals surface area (Å²) >= 11 is 9.34. The number of halogens is 2. The standard InChI is InChI=1S/C10H9BrClNO2/c1-5(14)10(15)4-13-7-3-2-6(11)9(12)8(7)10/h2-3,13,15H,4H2,1H3. The summed E-state index contributed by atoms with van der Waals surface area (Å²) in [5, 5.41) is 13.6. The van der Waals surface area contributed by atoms with Gasteiger partial charge in [-0.3, -0.25) is 4.79 Å². The first-order valence-corrected chi connectivity index (χ1v) is 5.59. The Morgan fingerprint density at radius 2 is 2.33 bits per heavy atom. The summed E-state index contributed by atoms with van der Waals surface area (Å²) in [5.41, 5.74) is -0.331. The zero-order valence-electron chi connectivity index (χ0n) is 7.97. The van der Waals surface area contributed by atoms with Crippen molar-refractivity contribution in [2.45, 2.75) is 12.5 Å². The number of aliphatic hydroxyl groups is 1. The Bertz CT molecular complexity index is 449. The third-order valence-electron chi connectivity index (χ3n) is 2.63. The number of β-amino-alcohol motifs (C(OH)–C–C–N with tert-alkyl or cyclic N) is 1.